The average molecular weight is 394 g/mol. The second kappa shape index (κ2) is 8.72. The fourth-order valence-corrected chi connectivity index (χ4v) is 4.50. The lowest BCUT2D eigenvalue weighted by molar-refractivity contribution is 0.401. The van der Waals surface area contributed by atoms with E-state index in [0.29, 0.717) is 23.9 Å². The van der Waals surface area contributed by atoms with Crippen LogP contribution in [0.3, 0.4) is 0 Å². The van der Waals surface area contributed by atoms with Crippen LogP contribution in [-0.4, -0.2) is 12.7 Å². The second-order valence-electron chi connectivity index (χ2n) is 7.47. The maximum Gasteiger partial charge on any atom is 0.243 e. The first-order valence-electron chi connectivity index (χ1n) is 9.56. The summed E-state index contributed by atoms with van der Waals surface area (Å²) in [6.45, 7) is 6.93. The smallest absolute Gasteiger partial charge is 0.207 e. The van der Waals surface area contributed by atoms with Crippen molar-refractivity contribution in [2.75, 3.05) is 0 Å². The fraction of sp³-hybridized carbons (Fsp3) is 0.250. The zero-order valence-corrected chi connectivity index (χ0v) is 17.5. The molecule has 0 radical (unpaired) electrons. The molecule has 0 spiro atoms. The van der Waals surface area contributed by atoms with E-state index in [2.05, 4.69) is 26.0 Å². The summed E-state index contributed by atoms with van der Waals surface area (Å²) in [6, 6.07) is 25.0. The second-order valence-corrected chi connectivity index (χ2v) is 9.41. The van der Waals surface area contributed by atoms with Gasteiger partial charge in [-0.1, -0.05) is 86.1 Å². The van der Waals surface area contributed by atoms with Gasteiger partial charge in [0.25, 0.3) is 0 Å². The molecule has 3 rings (SSSR count). The van der Waals surface area contributed by atoms with Gasteiger partial charge >= 0.3 is 0 Å². The molecule has 0 amide bonds. The summed E-state index contributed by atoms with van der Waals surface area (Å²) in [5.74, 6) is 0.450. The minimum absolute atomic E-state index is 0.327. The predicted octanol–water partition coefficient (Wildman–Crippen LogP) is 5.51. The van der Waals surface area contributed by atoms with Crippen LogP contribution in [0.1, 0.15) is 42.0 Å². The first kappa shape index (κ1) is 20.3. The van der Waals surface area contributed by atoms with E-state index in [4.69, 9.17) is 0 Å². The zero-order valence-electron chi connectivity index (χ0n) is 16.7. The largest absolute Gasteiger partial charge is 0.243 e. The fourth-order valence-electron chi connectivity index (χ4n) is 3.08. The Kier molecular flexibility index (Phi) is 6.32. The summed E-state index contributed by atoms with van der Waals surface area (Å²) in [5.41, 5.74) is 4.24. The number of hydrogen-bond donors (Lipinski definition) is 0. The van der Waals surface area contributed by atoms with Gasteiger partial charge in [-0.15, -0.1) is 0 Å². The van der Waals surface area contributed by atoms with Crippen LogP contribution in [0.2, 0.25) is 0 Å². The molecule has 3 nitrogen and oxygen atoms in total. The van der Waals surface area contributed by atoms with E-state index in [0.717, 1.165) is 16.7 Å². The Balaban J connectivity index is 1.93. The van der Waals surface area contributed by atoms with E-state index in [1.807, 2.05) is 61.5 Å². The molecule has 0 atom stereocenters. The summed E-state index contributed by atoms with van der Waals surface area (Å²) >= 11 is 0. The van der Waals surface area contributed by atoms with E-state index in [9.17, 15) is 8.42 Å². The molecule has 0 saturated heterocycles. The third-order valence-electron chi connectivity index (χ3n) is 4.87. The van der Waals surface area contributed by atoms with E-state index in [1.54, 1.807) is 16.4 Å². The van der Waals surface area contributed by atoms with Crippen LogP contribution in [-0.2, 0) is 23.1 Å². The van der Waals surface area contributed by atoms with Gasteiger partial charge in [0.15, 0.2) is 0 Å². The van der Waals surface area contributed by atoms with Crippen molar-refractivity contribution in [1.82, 2.24) is 4.31 Å². The summed E-state index contributed by atoms with van der Waals surface area (Å²) in [5, 5.41) is 0. The van der Waals surface area contributed by atoms with Gasteiger partial charge in [0, 0.05) is 13.1 Å². The highest BCUT2D eigenvalue weighted by molar-refractivity contribution is 7.89. The third kappa shape index (κ3) is 4.89. The first-order chi connectivity index (χ1) is 13.4. The lowest BCUT2D eigenvalue weighted by Crippen LogP contribution is -2.30. The lowest BCUT2D eigenvalue weighted by Gasteiger charge is -2.23. The van der Waals surface area contributed by atoms with Gasteiger partial charge in [-0.2, -0.15) is 4.31 Å². The SMILES string of the molecule is Cc1ccc(S(=O)(=O)N(Cc2ccccc2)Cc2ccc(C(C)C)cc2)cc1. The topological polar surface area (TPSA) is 37.4 Å². The molecule has 0 aliphatic heterocycles. The minimum Gasteiger partial charge on any atom is -0.207 e. The Hall–Kier alpha value is -2.43. The van der Waals surface area contributed by atoms with Gasteiger partial charge in [-0.3, -0.25) is 0 Å². The maximum atomic E-state index is 13.4. The molecule has 0 bridgehead atoms. The molecule has 146 valence electrons. The van der Waals surface area contributed by atoms with Crippen molar-refractivity contribution >= 4 is 10.0 Å². The highest BCUT2D eigenvalue weighted by Gasteiger charge is 2.25. The van der Waals surface area contributed by atoms with Crippen molar-refractivity contribution in [2.45, 2.75) is 44.7 Å². The Morgan fingerprint density at radius 3 is 1.82 bits per heavy atom. The van der Waals surface area contributed by atoms with Crippen molar-refractivity contribution in [3.05, 3.63) is 101 Å². The quantitative estimate of drug-likeness (QED) is 0.531. The van der Waals surface area contributed by atoms with E-state index in [-0.39, 0.29) is 0 Å². The third-order valence-corrected chi connectivity index (χ3v) is 6.67. The van der Waals surface area contributed by atoms with Crippen LogP contribution in [0.15, 0.2) is 83.8 Å². The van der Waals surface area contributed by atoms with E-state index < -0.39 is 10.0 Å². The molecule has 0 N–H and O–H groups in total. The number of benzene rings is 3. The molecule has 28 heavy (non-hydrogen) atoms. The van der Waals surface area contributed by atoms with Crippen LogP contribution >= 0.6 is 0 Å². The predicted molar refractivity (Wildman–Crippen MR) is 115 cm³/mol. The van der Waals surface area contributed by atoms with Crippen LogP contribution < -0.4 is 0 Å². The van der Waals surface area contributed by atoms with Crippen molar-refractivity contribution < 1.29 is 8.42 Å². The summed E-state index contributed by atoms with van der Waals surface area (Å²) in [7, 11) is -3.61. The zero-order chi connectivity index (χ0) is 20.1. The molecule has 0 aliphatic rings. The molecule has 3 aromatic carbocycles. The van der Waals surface area contributed by atoms with Crippen molar-refractivity contribution in [1.29, 1.82) is 0 Å². The summed E-state index contributed by atoms with van der Waals surface area (Å²) < 4.78 is 28.3. The number of hydrogen-bond acceptors (Lipinski definition) is 2. The highest BCUT2D eigenvalue weighted by atomic mass is 32.2. The number of aryl methyl sites for hydroxylation is 1. The molecule has 0 aliphatic carbocycles. The number of sulfonamides is 1. The maximum absolute atomic E-state index is 13.4. The van der Waals surface area contributed by atoms with Crippen LogP contribution in [0.5, 0.6) is 0 Å². The Labute approximate surface area is 168 Å². The molecular formula is C24H27NO2S. The average Bonchev–Trinajstić information content (AvgIpc) is 2.69. The molecule has 4 heteroatoms. The van der Waals surface area contributed by atoms with Crippen LogP contribution in [0, 0.1) is 6.92 Å². The van der Waals surface area contributed by atoms with Crippen LogP contribution in [0.4, 0.5) is 0 Å². The van der Waals surface area contributed by atoms with Crippen molar-refractivity contribution in [3.63, 3.8) is 0 Å². The van der Waals surface area contributed by atoms with Crippen molar-refractivity contribution in [3.8, 4) is 0 Å². The molecule has 0 heterocycles. The normalized spacial score (nSPS) is 11.9. The van der Waals surface area contributed by atoms with Gasteiger partial charge in [-0.05, 0) is 41.7 Å². The van der Waals surface area contributed by atoms with Gasteiger partial charge in [0.1, 0.15) is 0 Å². The summed E-state index contributed by atoms with van der Waals surface area (Å²) in [4.78, 5) is 0.327. The standard InChI is InChI=1S/C24H27NO2S/c1-19(2)23-13-11-22(12-14-23)18-25(17-21-7-5-4-6-8-21)28(26,27)24-15-9-20(3)10-16-24/h4-16,19H,17-18H2,1-3H3. The lowest BCUT2D eigenvalue weighted by atomic mass is 10.0. The minimum atomic E-state index is -3.61. The van der Waals surface area contributed by atoms with Crippen molar-refractivity contribution in [2.24, 2.45) is 0 Å². The molecule has 0 saturated carbocycles. The summed E-state index contributed by atoms with van der Waals surface area (Å²) in [6.07, 6.45) is 0. The molecule has 0 fully saturated rings. The Morgan fingerprint density at radius 1 is 0.750 bits per heavy atom. The number of rotatable bonds is 7. The molecule has 0 aromatic heterocycles. The van der Waals surface area contributed by atoms with Gasteiger partial charge in [0.05, 0.1) is 4.90 Å². The first-order valence-corrected chi connectivity index (χ1v) is 11.0. The Bertz CT molecular complexity index is 993. The Morgan fingerprint density at radius 2 is 1.29 bits per heavy atom. The van der Waals surface area contributed by atoms with E-state index >= 15 is 0 Å². The number of nitrogens with zero attached hydrogens (tertiary/aromatic N) is 1. The van der Waals surface area contributed by atoms with Gasteiger partial charge < -0.3 is 0 Å². The van der Waals surface area contributed by atoms with Crippen LogP contribution in [0.25, 0.3) is 0 Å². The molecular weight excluding hydrogens is 366 g/mol. The molecule has 0 unspecified atom stereocenters. The van der Waals surface area contributed by atoms with E-state index in [1.165, 1.54) is 5.56 Å². The monoisotopic (exact) mass is 393 g/mol. The van der Waals surface area contributed by atoms with Gasteiger partial charge in [-0.25, -0.2) is 8.42 Å². The van der Waals surface area contributed by atoms with Gasteiger partial charge in [0.2, 0.25) is 10.0 Å². The highest BCUT2D eigenvalue weighted by Crippen LogP contribution is 2.23. The molecule has 3 aromatic rings.